The van der Waals surface area contributed by atoms with Gasteiger partial charge in [-0.3, -0.25) is 4.79 Å². The Hall–Kier alpha value is -3.08. The van der Waals surface area contributed by atoms with Crippen molar-refractivity contribution >= 4 is 39.5 Å². The van der Waals surface area contributed by atoms with E-state index in [0.29, 0.717) is 51.2 Å². The largest absolute Gasteiger partial charge is 0.490 e. The highest BCUT2D eigenvalue weighted by molar-refractivity contribution is 9.10. The summed E-state index contributed by atoms with van der Waals surface area (Å²) in [6.45, 7) is 6.17. The zero-order valence-electron chi connectivity index (χ0n) is 17.9. The Balaban J connectivity index is 1.91. The molecule has 0 radical (unpaired) electrons. The van der Waals surface area contributed by atoms with Crippen LogP contribution in [0.2, 0.25) is 5.02 Å². The number of benzene rings is 2. The van der Waals surface area contributed by atoms with Crippen LogP contribution in [0, 0.1) is 25.2 Å². The van der Waals surface area contributed by atoms with Crippen molar-refractivity contribution in [2.45, 2.75) is 27.4 Å². The molecule has 0 N–H and O–H groups in total. The zero-order valence-corrected chi connectivity index (χ0v) is 20.2. The van der Waals surface area contributed by atoms with Crippen molar-refractivity contribution in [1.29, 1.82) is 5.26 Å². The lowest BCUT2D eigenvalue weighted by Crippen LogP contribution is -2.15. The fourth-order valence-electron chi connectivity index (χ4n) is 3.07. The molecule has 0 aliphatic heterocycles. The van der Waals surface area contributed by atoms with Gasteiger partial charge in [-0.1, -0.05) is 23.7 Å². The van der Waals surface area contributed by atoms with Crippen molar-refractivity contribution in [1.82, 2.24) is 9.78 Å². The van der Waals surface area contributed by atoms with Crippen LogP contribution in [0.25, 0.3) is 6.08 Å². The quantitative estimate of drug-likeness (QED) is 0.279. The van der Waals surface area contributed by atoms with Crippen molar-refractivity contribution in [3.63, 3.8) is 0 Å². The Morgan fingerprint density at radius 2 is 1.94 bits per heavy atom. The average Bonchev–Trinajstić information content (AvgIpc) is 3.10. The van der Waals surface area contributed by atoms with E-state index < -0.39 is 5.91 Å². The predicted molar refractivity (Wildman–Crippen MR) is 127 cm³/mol. The normalized spacial score (nSPS) is 11.2. The number of hydrogen-bond donors (Lipinski definition) is 0. The number of allylic oxidation sites excluding steroid dienone is 1. The van der Waals surface area contributed by atoms with Crippen LogP contribution in [0.15, 0.2) is 52.5 Å². The maximum Gasteiger partial charge on any atom is 0.289 e. The maximum absolute atomic E-state index is 12.8. The van der Waals surface area contributed by atoms with E-state index in [9.17, 15) is 10.1 Å². The van der Waals surface area contributed by atoms with Gasteiger partial charge < -0.3 is 9.47 Å². The number of carbonyl (C=O) groups excluding carboxylic acids is 1. The minimum absolute atomic E-state index is 0.0413. The number of nitrogens with zero attached hydrogens (tertiary/aromatic N) is 3. The molecule has 164 valence electrons. The fraction of sp³-hybridized carbons (Fsp3) is 0.208. The van der Waals surface area contributed by atoms with E-state index >= 15 is 0 Å². The van der Waals surface area contributed by atoms with Gasteiger partial charge in [0.05, 0.1) is 16.8 Å². The second kappa shape index (κ2) is 10.5. The van der Waals surface area contributed by atoms with Crippen molar-refractivity contribution in [3.05, 3.63) is 80.0 Å². The number of ether oxygens (including phenoxy) is 2. The molecule has 2 aromatic carbocycles. The summed E-state index contributed by atoms with van der Waals surface area (Å²) in [5.41, 5.74) is 2.90. The highest BCUT2D eigenvalue weighted by Gasteiger charge is 2.17. The molecule has 0 fully saturated rings. The summed E-state index contributed by atoms with van der Waals surface area (Å²) in [4.78, 5) is 12.8. The Morgan fingerprint density at radius 1 is 1.22 bits per heavy atom. The number of carbonyl (C=O) groups is 1. The monoisotopic (exact) mass is 513 g/mol. The van der Waals surface area contributed by atoms with E-state index in [2.05, 4.69) is 21.0 Å². The Bertz CT molecular complexity index is 1210. The second-order valence-electron chi connectivity index (χ2n) is 6.99. The van der Waals surface area contributed by atoms with Crippen molar-refractivity contribution in [2.75, 3.05) is 6.61 Å². The Morgan fingerprint density at radius 3 is 2.53 bits per heavy atom. The van der Waals surface area contributed by atoms with Crippen LogP contribution in [-0.4, -0.2) is 22.3 Å². The van der Waals surface area contributed by atoms with E-state index in [1.807, 2.05) is 25.1 Å². The van der Waals surface area contributed by atoms with Crippen LogP contribution >= 0.6 is 27.5 Å². The van der Waals surface area contributed by atoms with Crippen LogP contribution in [0.5, 0.6) is 11.5 Å². The Labute approximate surface area is 200 Å². The molecule has 0 saturated carbocycles. The van der Waals surface area contributed by atoms with Crippen LogP contribution in [0.1, 0.15) is 34.2 Å². The molecule has 0 unspecified atom stereocenters. The highest BCUT2D eigenvalue weighted by Crippen LogP contribution is 2.38. The minimum atomic E-state index is -0.491. The van der Waals surface area contributed by atoms with Crippen LogP contribution in [0.4, 0.5) is 0 Å². The number of rotatable bonds is 7. The number of nitriles is 1. The van der Waals surface area contributed by atoms with E-state index in [0.717, 1.165) is 5.56 Å². The number of halogens is 2. The van der Waals surface area contributed by atoms with Gasteiger partial charge in [0, 0.05) is 10.7 Å². The van der Waals surface area contributed by atoms with E-state index in [1.165, 1.54) is 10.8 Å². The molecule has 32 heavy (non-hydrogen) atoms. The molecule has 0 spiro atoms. The first-order valence-corrected chi connectivity index (χ1v) is 11.0. The third-order valence-electron chi connectivity index (χ3n) is 4.49. The van der Waals surface area contributed by atoms with E-state index in [1.54, 1.807) is 44.2 Å². The molecule has 0 saturated heterocycles. The number of aryl methyl sites for hydroxylation is 2. The molecule has 8 heteroatoms. The summed E-state index contributed by atoms with van der Waals surface area (Å²) in [5.74, 6) is 0.538. The van der Waals surface area contributed by atoms with Crippen molar-refractivity contribution < 1.29 is 14.3 Å². The predicted octanol–water partition coefficient (Wildman–Crippen LogP) is 6.14. The molecule has 1 heterocycles. The van der Waals surface area contributed by atoms with E-state index in [-0.39, 0.29) is 5.57 Å². The molecule has 0 bridgehead atoms. The van der Waals surface area contributed by atoms with Crippen molar-refractivity contribution in [2.24, 2.45) is 0 Å². The van der Waals surface area contributed by atoms with Gasteiger partial charge in [0.15, 0.2) is 11.5 Å². The Kier molecular flexibility index (Phi) is 7.73. The molecule has 6 nitrogen and oxygen atoms in total. The second-order valence-corrected chi connectivity index (χ2v) is 8.28. The molecule has 3 rings (SSSR count). The van der Waals surface area contributed by atoms with Gasteiger partial charge in [0.25, 0.3) is 5.91 Å². The molecule has 3 aromatic rings. The maximum atomic E-state index is 12.8. The fourth-order valence-corrected chi connectivity index (χ4v) is 3.77. The van der Waals surface area contributed by atoms with Crippen molar-refractivity contribution in [3.8, 4) is 17.6 Å². The smallest absolute Gasteiger partial charge is 0.289 e. The topological polar surface area (TPSA) is 77.1 Å². The number of hydrogen-bond acceptors (Lipinski definition) is 5. The number of aromatic nitrogens is 2. The first-order chi connectivity index (χ1) is 15.3. The van der Waals surface area contributed by atoms with Gasteiger partial charge in [-0.25, -0.2) is 4.68 Å². The molecule has 1 aromatic heterocycles. The average molecular weight is 515 g/mol. The van der Waals surface area contributed by atoms with Gasteiger partial charge in [0.1, 0.15) is 18.2 Å². The summed E-state index contributed by atoms with van der Waals surface area (Å²) >= 11 is 9.46. The standard InChI is InChI=1S/C24H21BrClN3O3/c1-4-31-22-12-18(10-19(13-27)24(30)29-16(3)9-15(2)28-29)11-21(25)23(22)32-14-17-5-7-20(26)8-6-17/h5-12H,4,14H2,1-3H3/b19-10+. The lowest BCUT2D eigenvalue weighted by Gasteiger charge is -2.15. The summed E-state index contributed by atoms with van der Waals surface area (Å²) < 4.78 is 13.6. The van der Waals surface area contributed by atoms with Gasteiger partial charge in [0.2, 0.25) is 0 Å². The molecule has 0 atom stereocenters. The third kappa shape index (κ3) is 5.58. The molecular formula is C24H21BrClN3O3. The van der Waals surface area contributed by atoms with Crippen LogP contribution < -0.4 is 9.47 Å². The molecule has 0 aliphatic carbocycles. The highest BCUT2D eigenvalue weighted by atomic mass is 79.9. The lowest BCUT2D eigenvalue weighted by molar-refractivity contribution is 0.0943. The van der Waals surface area contributed by atoms with Crippen LogP contribution in [0.3, 0.4) is 0 Å². The molecule has 0 amide bonds. The van der Waals surface area contributed by atoms with Gasteiger partial charge >= 0.3 is 0 Å². The summed E-state index contributed by atoms with van der Waals surface area (Å²) in [6.07, 6.45) is 1.51. The lowest BCUT2D eigenvalue weighted by atomic mass is 10.1. The molecule has 0 aliphatic rings. The first kappa shape index (κ1) is 23.6. The SMILES string of the molecule is CCOc1cc(/C=C(\C#N)C(=O)n2nc(C)cc2C)cc(Br)c1OCc1ccc(Cl)cc1. The van der Waals surface area contributed by atoms with Crippen LogP contribution in [-0.2, 0) is 6.61 Å². The third-order valence-corrected chi connectivity index (χ3v) is 5.33. The van der Waals surface area contributed by atoms with Gasteiger partial charge in [-0.2, -0.15) is 10.4 Å². The molecular weight excluding hydrogens is 494 g/mol. The summed E-state index contributed by atoms with van der Waals surface area (Å²) in [5, 5.41) is 14.4. The summed E-state index contributed by atoms with van der Waals surface area (Å²) in [6, 6.07) is 14.6. The van der Waals surface area contributed by atoms with Gasteiger partial charge in [-0.15, -0.1) is 0 Å². The minimum Gasteiger partial charge on any atom is -0.490 e. The summed E-state index contributed by atoms with van der Waals surface area (Å²) in [7, 11) is 0. The first-order valence-electron chi connectivity index (χ1n) is 9.85. The zero-order chi connectivity index (χ0) is 23.3. The van der Waals surface area contributed by atoms with E-state index in [4.69, 9.17) is 21.1 Å². The van der Waals surface area contributed by atoms with Gasteiger partial charge in [-0.05, 0) is 84.2 Å².